The predicted molar refractivity (Wildman–Crippen MR) is 92.9 cm³/mol. The molecule has 0 aromatic heterocycles. The van der Waals surface area contributed by atoms with Crippen molar-refractivity contribution in [1.82, 2.24) is 5.32 Å². The summed E-state index contributed by atoms with van der Waals surface area (Å²) in [5, 5.41) is 4.50. The van der Waals surface area contributed by atoms with Crippen molar-refractivity contribution in [1.29, 1.82) is 0 Å². The van der Waals surface area contributed by atoms with Crippen molar-refractivity contribution in [3.8, 4) is 0 Å². The highest BCUT2D eigenvalue weighted by Gasteiger charge is 2.34. The van der Waals surface area contributed by atoms with Crippen LogP contribution in [-0.2, 0) is 6.42 Å². The molecule has 21 heavy (non-hydrogen) atoms. The Morgan fingerprint density at radius 3 is 2.81 bits per heavy atom. The summed E-state index contributed by atoms with van der Waals surface area (Å²) in [6.07, 6.45) is 6.43. The molecule has 0 bridgehead atoms. The zero-order valence-corrected chi connectivity index (χ0v) is 14.5. The van der Waals surface area contributed by atoms with Crippen molar-refractivity contribution >= 4 is 11.6 Å². The predicted octanol–water partition coefficient (Wildman–Crippen LogP) is 5.32. The van der Waals surface area contributed by atoms with E-state index in [1.54, 1.807) is 0 Å². The van der Waals surface area contributed by atoms with E-state index < -0.39 is 0 Å². The molecule has 1 aromatic carbocycles. The molecule has 2 rings (SSSR count). The fourth-order valence-corrected chi connectivity index (χ4v) is 3.94. The molecular weight excluding hydrogens is 278 g/mol. The van der Waals surface area contributed by atoms with Crippen molar-refractivity contribution < 1.29 is 0 Å². The number of hydrogen-bond donors (Lipinski definition) is 1. The molecule has 1 fully saturated rings. The van der Waals surface area contributed by atoms with E-state index in [1.165, 1.54) is 44.2 Å². The molecule has 0 spiro atoms. The van der Waals surface area contributed by atoms with Gasteiger partial charge in [0.1, 0.15) is 0 Å². The van der Waals surface area contributed by atoms with Gasteiger partial charge >= 0.3 is 0 Å². The fourth-order valence-electron chi connectivity index (χ4n) is 3.73. The monoisotopic (exact) mass is 307 g/mol. The van der Waals surface area contributed by atoms with Crippen LogP contribution in [0.3, 0.4) is 0 Å². The molecule has 0 aliphatic heterocycles. The average Bonchev–Trinajstić information content (AvgIpc) is 2.41. The molecular formula is C19H30ClN. The number of benzene rings is 1. The Morgan fingerprint density at radius 2 is 2.10 bits per heavy atom. The molecule has 2 heteroatoms. The summed E-state index contributed by atoms with van der Waals surface area (Å²) in [7, 11) is 0. The van der Waals surface area contributed by atoms with Gasteiger partial charge in [-0.25, -0.2) is 0 Å². The van der Waals surface area contributed by atoms with E-state index in [4.69, 9.17) is 11.6 Å². The van der Waals surface area contributed by atoms with Gasteiger partial charge < -0.3 is 5.32 Å². The van der Waals surface area contributed by atoms with E-state index in [2.05, 4.69) is 44.3 Å². The summed E-state index contributed by atoms with van der Waals surface area (Å²) < 4.78 is 0. The molecule has 1 aliphatic rings. The van der Waals surface area contributed by atoms with E-state index in [9.17, 15) is 0 Å². The van der Waals surface area contributed by atoms with Crippen LogP contribution in [0.15, 0.2) is 24.3 Å². The number of nitrogens with one attached hydrogen (secondary N) is 1. The standard InChI is InChI=1S/C19H30ClN/c1-4-10-21-14-16-8-9-19(2,3)13-17(16)11-15-6-5-7-18(20)12-15/h5-7,12,16-17,21H,4,8-11,13-14H2,1-3H3. The molecule has 0 heterocycles. The summed E-state index contributed by atoms with van der Waals surface area (Å²) in [5.74, 6) is 1.58. The molecule has 118 valence electrons. The van der Waals surface area contributed by atoms with Crippen LogP contribution in [0.5, 0.6) is 0 Å². The van der Waals surface area contributed by atoms with E-state index >= 15 is 0 Å². The van der Waals surface area contributed by atoms with Crippen LogP contribution in [0.4, 0.5) is 0 Å². The average molecular weight is 308 g/mol. The van der Waals surface area contributed by atoms with Crippen LogP contribution in [-0.4, -0.2) is 13.1 Å². The van der Waals surface area contributed by atoms with Crippen LogP contribution in [0.2, 0.25) is 5.02 Å². The van der Waals surface area contributed by atoms with Gasteiger partial charge in [0.15, 0.2) is 0 Å². The Morgan fingerprint density at radius 1 is 1.29 bits per heavy atom. The lowest BCUT2D eigenvalue weighted by Gasteiger charge is -2.41. The highest BCUT2D eigenvalue weighted by molar-refractivity contribution is 6.30. The van der Waals surface area contributed by atoms with Gasteiger partial charge in [0.05, 0.1) is 0 Å². The lowest BCUT2D eigenvalue weighted by atomic mass is 9.65. The van der Waals surface area contributed by atoms with Crippen molar-refractivity contribution in [2.75, 3.05) is 13.1 Å². The SMILES string of the molecule is CCCNCC1CCC(C)(C)CC1Cc1cccc(Cl)c1. The summed E-state index contributed by atoms with van der Waals surface area (Å²) >= 11 is 6.15. The Labute approximate surface area is 135 Å². The third kappa shape index (κ3) is 5.30. The highest BCUT2D eigenvalue weighted by Crippen LogP contribution is 2.43. The van der Waals surface area contributed by atoms with Crippen molar-refractivity contribution in [3.63, 3.8) is 0 Å². The number of hydrogen-bond acceptors (Lipinski definition) is 1. The summed E-state index contributed by atoms with van der Waals surface area (Å²) in [5.41, 5.74) is 1.88. The lowest BCUT2D eigenvalue weighted by Crippen LogP contribution is -2.37. The number of halogens is 1. The van der Waals surface area contributed by atoms with Gasteiger partial charge in [0.25, 0.3) is 0 Å². The largest absolute Gasteiger partial charge is 0.316 e. The van der Waals surface area contributed by atoms with Crippen molar-refractivity contribution in [2.24, 2.45) is 17.3 Å². The Hall–Kier alpha value is -0.530. The van der Waals surface area contributed by atoms with Gasteiger partial charge in [-0.1, -0.05) is 44.5 Å². The maximum atomic E-state index is 6.15. The van der Waals surface area contributed by atoms with Gasteiger partial charge in [-0.3, -0.25) is 0 Å². The maximum absolute atomic E-state index is 6.15. The Kier molecular flexibility index (Phi) is 6.13. The first-order valence-corrected chi connectivity index (χ1v) is 8.83. The first kappa shape index (κ1) is 16.8. The van der Waals surface area contributed by atoms with Gasteiger partial charge in [0.2, 0.25) is 0 Å². The molecule has 1 N–H and O–H groups in total. The summed E-state index contributed by atoms with van der Waals surface area (Å²) in [6, 6.07) is 8.41. The summed E-state index contributed by atoms with van der Waals surface area (Å²) in [6.45, 7) is 9.40. The minimum absolute atomic E-state index is 0.491. The second kappa shape index (κ2) is 7.65. The first-order chi connectivity index (χ1) is 10.00. The molecule has 1 nitrogen and oxygen atoms in total. The topological polar surface area (TPSA) is 12.0 Å². The molecule has 1 aliphatic carbocycles. The fraction of sp³-hybridized carbons (Fsp3) is 0.684. The normalized spacial score (nSPS) is 25.0. The van der Waals surface area contributed by atoms with E-state index in [1.807, 2.05) is 6.07 Å². The van der Waals surface area contributed by atoms with E-state index in [0.717, 1.165) is 23.4 Å². The Balaban J connectivity index is 2.02. The highest BCUT2D eigenvalue weighted by atomic mass is 35.5. The van der Waals surface area contributed by atoms with Gasteiger partial charge in [0, 0.05) is 5.02 Å². The second-order valence-corrected chi connectivity index (χ2v) is 7.90. The zero-order chi connectivity index (χ0) is 15.3. The van der Waals surface area contributed by atoms with Crippen LogP contribution < -0.4 is 5.32 Å². The molecule has 0 radical (unpaired) electrons. The molecule has 1 aromatic rings. The van der Waals surface area contributed by atoms with Crippen molar-refractivity contribution in [2.45, 2.75) is 52.9 Å². The molecule has 2 unspecified atom stereocenters. The number of rotatable bonds is 6. The molecule has 0 saturated heterocycles. The first-order valence-electron chi connectivity index (χ1n) is 8.45. The van der Waals surface area contributed by atoms with Gasteiger partial charge in [-0.15, -0.1) is 0 Å². The molecule has 0 amide bonds. The van der Waals surface area contributed by atoms with Gasteiger partial charge in [-0.05, 0) is 80.1 Å². The zero-order valence-electron chi connectivity index (χ0n) is 13.8. The summed E-state index contributed by atoms with van der Waals surface area (Å²) in [4.78, 5) is 0. The minimum Gasteiger partial charge on any atom is -0.316 e. The van der Waals surface area contributed by atoms with Gasteiger partial charge in [-0.2, -0.15) is 0 Å². The van der Waals surface area contributed by atoms with Crippen LogP contribution in [0.1, 0.15) is 52.0 Å². The third-order valence-corrected chi connectivity index (χ3v) is 5.13. The second-order valence-electron chi connectivity index (χ2n) is 7.47. The third-order valence-electron chi connectivity index (χ3n) is 4.89. The van der Waals surface area contributed by atoms with Crippen LogP contribution in [0.25, 0.3) is 0 Å². The van der Waals surface area contributed by atoms with E-state index in [-0.39, 0.29) is 0 Å². The quantitative estimate of drug-likeness (QED) is 0.701. The Bertz CT molecular complexity index is 441. The lowest BCUT2D eigenvalue weighted by molar-refractivity contribution is 0.116. The molecule has 2 atom stereocenters. The van der Waals surface area contributed by atoms with E-state index in [0.29, 0.717) is 5.41 Å². The minimum atomic E-state index is 0.491. The van der Waals surface area contributed by atoms with Crippen LogP contribution in [0, 0.1) is 17.3 Å². The van der Waals surface area contributed by atoms with Crippen LogP contribution >= 0.6 is 11.6 Å². The maximum Gasteiger partial charge on any atom is 0.0408 e. The smallest absolute Gasteiger partial charge is 0.0408 e. The van der Waals surface area contributed by atoms with Crippen molar-refractivity contribution in [3.05, 3.63) is 34.9 Å². The molecule has 1 saturated carbocycles.